The molecule has 0 saturated carbocycles. The highest BCUT2D eigenvalue weighted by molar-refractivity contribution is 6.34. The van der Waals surface area contributed by atoms with Crippen molar-refractivity contribution in [1.29, 1.82) is 0 Å². The molecule has 2 amide bonds. The Morgan fingerprint density at radius 1 is 0.692 bits per heavy atom. The van der Waals surface area contributed by atoms with Crippen LogP contribution in [0.5, 0.6) is 5.75 Å². The van der Waals surface area contributed by atoms with Crippen LogP contribution in [0.3, 0.4) is 0 Å². The van der Waals surface area contributed by atoms with Gasteiger partial charge in [0, 0.05) is 0 Å². The number of nitrogens with zero attached hydrogens (tertiary/aromatic N) is 1. The Bertz CT molecular complexity index is 975. The van der Waals surface area contributed by atoms with Crippen LogP contribution in [-0.2, 0) is 0 Å². The molecule has 1 aliphatic heterocycles. The van der Waals surface area contributed by atoms with Gasteiger partial charge in [-0.3, -0.25) is 9.59 Å². The zero-order valence-corrected chi connectivity index (χ0v) is 13.6. The molecular weight excluding hydrogens is 330 g/mol. The summed E-state index contributed by atoms with van der Waals surface area (Å²) in [5.41, 5.74) is 1.64. The molecule has 126 valence electrons. The molecule has 1 heterocycles. The Hall–Kier alpha value is -3.73. The van der Waals surface area contributed by atoms with Crippen LogP contribution >= 0.6 is 0 Å². The molecule has 0 aliphatic carbocycles. The first-order valence-corrected chi connectivity index (χ1v) is 8.00. The summed E-state index contributed by atoms with van der Waals surface area (Å²) in [5.74, 6) is -0.863. The molecule has 0 radical (unpaired) electrons. The molecule has 0 N–H and O–H groups in total. The van der Waals surface area contributed by atoms with Gasteiger partial charge in [-0.25, -0.2) is 9.69 Å². The van der Waals surface area contributed by atoms with Crippen LogP contribution in [-0.4, -0.2) is 17.8 Å². The second-order valence-electron chi connectivity index (χ2n) is 5.74. The Kier molecular flexibility index (Phi) is 3.82. The lowest BCUT2D eigenvalue weighted by atomic mass is 10.1. The third-order valence-electron chi connectivity index (χ3n) is 4.11. The van der Waals surface area contributed by atoms with Crippen LogP contribution in [0, 0.1) is 0 Å². The predicted molar refractivity (Wildman–Crippen MR) is 95.4 cm³/mol. The lowest BCUT2D eigenvalue weighted by molar-refractivity contribution is 0.0733. The van der Waals surface area contributed by atoms with E-state index in [1.807, 2.05) is 6.07 Å². The van der Waals surface area contributed by atoms with Crippen LogP contribution in [0.2, 0.25) is 0 Å². The number of benzene rings is 3. The number of imide groups is 1. The highest BCUT2D eigenvalue weighted by atomic mass is 16.5. The van der Waals surface area contributed by atoms with E-state index in [4.69, 9.17) is 4.74 Å². The molecule has 5 nitrogen and oxygen atoms in total. The summed E-state index contributed by atoms with van der Waals surface area (Å²) in [6.07, 6.45) is 0. The third kappa shape index (κ3) is 2.65. The third-order valence-corrected chi connectivity index (χ3v) is 4.11. The maximum absolute atomic E-state index is 12.5. The monoisotopic (exact) mass is 343 g/mol. The Balaban J connectivity index is 1.55. The van der Waals surface area contributed by atoms with Gasteiger partial charge in [-0.2, -0.15) is 0 Å². The van der Waals surface area contributed by atoms with Crippen LogP contribution in [0.15, 0.2) is 78.9 Å². The van der Waals surface area contributed by atoms with E-state index in [1.165, 1.54) is 0 Å². The molecule has 0 bridgehead atoms. The van der Waals surface area contributed by atoms with Gasteiger partial charge in [0.2, 0.25) is 0 Å². The van der Waals surface area contributed by atoms with Gasteiger partial charge in [0.25, 0.3) is 11.8 Å². The minimum Gasteiger partial charge on any atom is -0.423 e. The first kappa shape index (κ1) is 15.8. The van der Waals surface area contributed by atoms with Crippen molar-refractivity contribution in [3.8, 4) is 5.75 Å². The number of rotatable bonds is 3. The Morgan fingerprint density at radius 3 is 1.81 bits per heavy atom. The van der Waals surface area contributed by atoms with Crippen molar-refractivity contribution in [1.82, 2.24) is 0 Å². The van der Waals surface area contributed by atoms with Gasteiger partial charge < -0.3 is 4.74 Å². The average molecular weight is 343 g/mol. The van der Waals surface area contributed by atoms with Crippen molar-refractivity contribution in [2.75, 3.05) is 4.90 Å². The van der Waals surface area contributed by atoms with Crippen LogP contribution in [0.1, 0.15) is 31.1 Å². The molecule has 0 spiro atoms. The van der Waals surface area contributed by atoms with Gasteiger partial charge in [-0.15, -0.1) is 0 Å². The number of hydrogen-bond acceptors (Lipinski definition) is 4. The van der Waals surface area contributed by atoms with E-state index >= 15 is 0 Å². The van der Waals surface area contributed by atoms with E-state index < -0.39 is 5.97 Å². The molecule has 0 atom stereocenters. The molecule has 0 fully saturated rings. The number of carbonyl (C=O) groups excluding carboxylic acids is 3. The molecule has 1 aliphatic rings. The van der Waals surface area contributed by atoms with Gasteiger partial charge in [0.05, 0.1) is 22.4 Å². The fraction of sp³-hybridized carbons (Fsp3) is 0. The van der Waals surface area contributed by atoms with E-state index in [9.17, 15) is 14.4 Å². The zero-order valence-electron chi connectivity index (χ0n) is 13.6. The number of fused-ring (bicyclic) bond motifs is 1. The van der Waals surface area contributed by atoms with Crippen LogP contribution in [0.4, 0.5) is 5.69 Å². The lowest BCUT2D eigenvalue weighted by Crippen LogP contribution is -2.29. The molecule has 3 aromatic rings. The largest absolute Gasteiger partial charge is 0.423 e. The number of esters is 1. The number of anilines is 1. The quantitative estimate of drug-likeness (QED) is 0.413. The van der Waals surface area contributed by atoms with E-state index in [1.54, 1.807) is 72.8 Å². The lowest BCUT2D eigenvalue weighted by Gasteiger charge is -2.14. The Labute approximate surface area is 149 Å². The number of amides is 2. The van der Waals surface area contributed by atoms with Crippen molar-refractivity contribution >= 4 is 23.5 Å². The smallest absolute Gasteiger partial charge is 0.343 e. The zero-order chi connectivity index (χ0) is 18.1. The predicted octanol–water partition coefficient (Wildman–Crippen LogP) is 3.71. The first-order valence-electron chi connectivity index (χ1n) is 8.00. The fourth-order valence-corrected chi connectivity index (χ4v) is 2.83. The minimum atomic E-state index is -0.473. The molecule has 0 aromatic heterocycles. The van der Waals surface area contributed by atoms with E-state index in [0.29, 0.717) is 28.1 Å². The second-order valence-corrected chi connectivity index (χ2v) is 5.74. The van der Waals surface area contributed by atoms with Crippen molar-refractivity contribution in [2.24, 2.45) is 0 Å². The van der Waals surface area contributed by atoms with Gasteiger partial charge >= 0.3 is 5.97 Å². The molecule has 4 rings (SSSR count). The average Bonchev–Trinajstić information content (AvgIpc) is 2.94. The van der Waals surface area contributed by atoms with Crippen molar-refractivity contribution in [3.63, 3.8) is 0 Å². The molecule has 5 heteroatoms. The molecule has 26 heavy (non-hydrogen) atoms. The maximum atomic E-state index is 12.5. The molecule has 0 saturated heterocycles. The number of ether oxygens (including phenoxy) is 1. The highest BCUT2D eigenvalue weighted by Gasteiger charge is 2.36. The summed E-state index contributed by atoms with van der Waals surface area (Å²) < 4.78 is 5.31. The van der Waals surface area contributed by atoms with E-state index in [-0.39, 0.29) is 11.8 Å². The summed E-state index contributed by atoms with van der Waals surface area (Å²) in [6.45, 7) is 0. The summed E-state index contributed by atoms with van der Waals surface area (Å²) in [7, 11) is 0. The first-order chi connectivity index (χ1) is 12.6. The van der Waals surface area contributed by atoms with Gasteiger partial charge in [0.1, 0.15) is 5.75 Å². The normalized spacial score (nSPS) is 12.8. The topological polar surface area (TPSA) is 63.7 Å². The minimum absolute atomic E-state index is 0.333. The van der Waals surface area contributed by atoms with E-state index in [2.05, 4.69) is 0 Å². The number of hydrogen-bond donors (Lipinski definition) is 0. The summed E-state index contributed by atoms with van der Waals surface area (Å²) >= 11 is 0. The van der Waals surface area contributed by atoms with Crippen LogP contribution < -0.4 is 9.64 Å². The van der Waals surface area contributed by atoms with Crippen molar-refractivity contribution < 1.29 is 19.1 Å². The standard InChI is InChI=1S/C21H13NO4/c23-19-17-8-4-5-9-18(17)20(24)22(19)15-10-12-16(13-11-15)26-21(25)14-6-2-1-3-7-14/h1-13H. The second kappa shape index (κ2) is 6.29. The molecule has 3 aromatic carbocycles. The van der Waals surface area contributed by atoms with Gasteiger partial charge in [-0.1, -0.05) is 30.3 Å². The van der Waals surface area contributed by atoms with Gasteiger partial charge in [0.15, 0.2) is 0 Å². The summed E-state index contributed by atoms with van der Waals surface area (Å²) in [4.78, 5) is 38.1. The van der Waals surface area contributed by atoms with E-state index in [0.717, 1.165) is 4.90 Å². The summed E-state index contributed by atoms with van der Waals surface area (Å²) in [6, 6.07) is 21.6. The SMILES string of the molecule is O=C(Oc1ccc(N2C(=O)c3ccccc3C2=O)cc1)c1ccccc1. The maximum Gasteiger partial charge on any atom is 0.343 e. The molecular formula is C21H13NO4. The van der Waals surface area contributed by atoms with Crippen molar-refractivity contribution in [3.05, 3.63) is 95.6 Å². The van der Waals surface area contributed by atoms with Gasteiger partial charge in [-0.05, 0) is 48.5 Å². The summed E-state index contributed by atoms with van der Waals surface area (Å²) in [5, 5.41) is 0. The highest BCUT2D eigenvalue weighted by Crippen LogP contribution is 2.29. The molecule has 0 unspecified atom stereocenters. The van der Waals surface area contributed by atoms with Crippen molar-refractivity contribution in [2.45, 2.75) is 0 Å². The van der Waals surface area contributed by atoms with Crippen LogP contribution in [0.25, 0.3) is 0 Å². The fourth-order valence-electron chi connectivity index (χ4n) is 2.83. The number of carbonyl (C=O) groups is 3. The Morgan fingerprint density at radius 2 is 1.23 bits per heavy atom.